The summed E-state index contributed by atoms with van der Waals surface area (Å²) < 4.78 is 5.99. The summed E-state index contributed by atoms with van der Waals surface area (Å²) in [7, 11) is 0. The maximum Gasteiger partial charge on any atom is 0.162 e. The Bertz CT molecular complexity index is 2060. The van der Waals surface area contributed by atoms with Gasteiger partial charge in [0.25, 0.3) is 0 Å². The number of hydrogen-bond donors (Lipinski definition) is 4. The number of epoxide rings is 1. The first-order valence-electron chi connectivity index (χ1n) is 21.6. The van der Waals surface area contributed by atoms with Gasteiger partial charge in [0, 0.05) is 53.0 Å². The van der Waals surface area contributed by atoms with Crippen molar-refractivity contribution in [3.05, 3.63) is 68.6 Å². The number of aliphatic imine (C=N–C) groups is 1. The minimum atomic E-state index is -0.721. The van der Waals surface area contributed by atoms with Crippen LogP contribution in [-0.2, 0) is 27.4 Å². The summed E-state index contributed by atoms with van der Waals surface area (Å²) in [4.78, 5) is 35.1. The van der Waals surface area contributed by atoms with Crippen LogP contribution >= 0.6 is 0 Å². The maximum absolute atomic E-state index is 15.1. The minimum absolute atomic E-state index is 0.00293. The smallest absolute Gasteiger partial charge is 0.162 e. The highest BCUT2D eigenvalue weighted by molar-refractivity contribution is 6.02. The van der Waals surface area contributed by atoms with Gasteiger partial charge >= 0.3 is 0 Å². The van der Waals surface area contributed by atoms with E-state index in [1.165, 1.54) is 27.3 Å². The fourth-order valence-electron chi connectivity index (χ4n) is 14.8. The number of quaternary nitrogens is 1. The molecule has 9 rings (SSSR count). The first-order chi connectivity index (χ1) is 26.2. The third-order valence-electron chi connectivity index (χ3n) is 17.6. The van der Waals surface area contributed by atoms with Gasteiger partial charge in [-0.3, -0.25) is 14.5 Å². The third-order valence-corrected chi connectivity index (χ3v) is 17.6. The van der Waals surface area contributed by atoms with Gasteiger partial charge < -0.3 is 20.1 Å². The average molecular weight is 766 g/mol. The number of carbonyl (C=O) groups excluding carboxylic acids is 2. The summed E-state index contributed by atoms with van der Waals surface area (Å²) >= 11 is 0. The lowest BCUT2D eigenvalue weighted by atomic mass is 9.34. The molecular weight excluding hydrogens is 701 g/mol. The first kappa shape index (κ1) is 38.8. The van der Waals surface area contributed by atoms with E-state index in [1.54, 1.807) is 0 Å². The molecule has 0 amide bonds. The standard InChI is InChI=1S/C48H64N2O6/c1-26-16-27(18-28(17-26)25-51)19-30-23-50-24-31-36-37(45(6,20-33(53)42-44(4,5)56-42)13-10-29-22-49-38(30)39(29)50)32(52)21-48(36,9)47(8)15-11-34-43(2,3)35(54)12-14-46(34,7)41(47)40(31)55/h16-18,22,31,33-34,40-42,51,53,55H,10-15,19-21,23-25H2,1-9H3/p+1. The van der Waals surface area contributed by atoms with Gasteiger partial charge in [-0.2, -0.15) is 0 Å². The number of benzene rings is 1. The van der Waals surface area contributed by atoms with Crippen LogP contribution < -0.4 is 4.90 Å². The second kappa shape index (κ2) is 12.4. The van der Waals surface area contributed by atoms with Crippen LogP contribution in [0.15, 0.2) is 56.9 Å². The van der Waals surface area contributed by atoms with Gasteiger partial charge in [0.15, 0.2) is 11.5 Å². The van der Waals surface area contributed by atoms with Crippen LogP contribution in [0.2, 0.25) is 0 Å². The van der Waals surface area contributed by atoms with Crippen molar-refractivity contribution < 1.29 is 34.5 Å². The lowest BCUT2D eigenvalue weighted by molar-refractivity contribution is -0.852. The number of aryl methyl sites for hydroxylation is 1. The van der Waals surface area contributed by atoms with Crippen LogP contribution in [0.25, 0.3) is 0 Å². The number of aliphatic hydroxyl groups excluding tert-OH is 3. The molecule has 4 N–H and O–H groups in total. The van der Waals surface area contributed by atoms with Crippen LogP contribution in [0.4, 0.5) is 0 Å². The molecule has 4 heterocycles. The molecule has 56 heavy (non-hydrogen) atoms. The van der Waals surface area contributed by atoms with Gasteiger partial charge in [0.2, 0.25) is 0 Å². The van der Waals surface area contributed by atoms with E-state index in [4.69, 9.17) is 9.73 Å². The SMILES string of the molecule is Cc1cc(CO)cc(CC2=C3N=CC4=C3[NH+](C2)CC2C3=C(C(=O)CC3(C)C3(C)CCC5C(C)(C)C(=O)CCC5(C)C3C2O)C(C)(CC(O)C2OC2(C)C)CC4)c1. The van der Waals surface area contributed by atoms with Gasteiger partial charge in [-0.05, 0) is 104 Å². The number of Topliss-reactive ketones (excluding diaryl/α,β-unsaturated/α-hetero) is 2. The Morgan fingerprint density at radius 2 is 1.70 bits per heavy atom. The highest BCUT2D eigenvalue weighted by Gasteiger charge is 2.73. The monoisotopic (exact) mass is 765 g/mol. The van der Waals surface area contributed by atoms with E-state index in [9.17, 15) is 20.1 Å². The minimum Gasteiger partial charge on any atom is -0.392 e. The number of fused-ring (bicyclic) bond motifs is 4. The molecule has 1 aromatic rings. The molecule has 8 aliphatic rings. The van der Waals surface area contributed by atoms with Crippen LogP contribution in [0.5, 0.6) is 0 Å². The van der Waals surface area contributed by atoms with E-state index in [0.29, 0.717) is 38.0 Å². The number of carbonyl (C=O) groups is 2. The molecule has 0 radical (unpaired) electrons. The number of ketones is 2. The number of aliphatic hydroxyl groups is 3. The molecule has 3 saturated carbocycles. The second-order valence-corrected chi connectivity index (χ2v) is 21.7. The third kappa shape index (κ3) is 5.30. The fraction of sp³-hybridized carbons (Fsp3) is 0.688. The van der Waals surface area contributed by atoms with Crippen molar-refractivity contribution >= 4 is 17.8 Å². The zero-order chi connectivity index (χ0) is 40.1. The lowest BCUT2D eigenvalue weighted by Gasteiger charge is -2.70. The van der Waals surface area contributed by atoms with Crippen LogP contribution in [0.3, 0.4) is 0 Å². The predicted octanol–water partition coefficient (Wildman–Crippen LogP) is 5.94. The Balaban J connectivity index is 1.20. The Kier molecular flexibility index (Phi) is 8.57. The van der Waals surface area contributed by atoms with E-state index in [2.05, 4.69) is 60.6 Å². The second-order valence-electron chi connectivity index (χ2n) is 21.7. The zero-order valence-corrected chi connectivity index (χ0v) is 35.3. The molecule has 302 valence electrons. The number of allylic oxidation sites excluding steroid dienone is 2. The van der Waals surface area contributed by atoms with Crippen molar-refractivity contribution in [1.82, 2.24) is 0 Å². The van der Waals surface area contributed by atoms with Crippen molar-refractivity contribution in [3.63, 3.8) is 0 Å². The number of rotatable bonds is 6. The molecule has 0 spiro atoms. The van der Waals surface area contributed by atoms with E-state index in [-0.39, 0.29) is 47.1 Å². The summed E-state index contributed by atoms with van der Waals surface area (Å²) in [6.07, 6.45) is 6.44. The van der Waals surface area contributed by atoms with Crippen LogP contribution in [0.1, 0.15) is 123 Å². The van der Waals surface area contributed by atoms with Gasteiger partial charge in [-0.15, -0.1) is 0 Å². The van der Waals surface area contributed by atoms with Gasteiger partial charge in [0.1, 0.15) is 24.1 Å². The summed E-state index contributed by atoms with van der Waals surface area (Å²) in [5.74, 6) is 0.320. The lowest BCUT2D eigenvalue weighted by Crippen LogP contribution is -3.10. The summed E-state index contributed by atoms with van der Waals surface area (Å²) in [6, 6.07) is 6.35. The number of nitrogens with one attached hydrogen (secondary N) is 1. The molecule has 1 saturated heterocycles. The van der Waals surface area contributed by atoms with Crippen LogP contribution in [-0.4, -0.2) is 70.1 Å². The first-order valence-corrected chi connectivity index (χ1v) is 21.6. The Morgan fingerprint density at radius 1 is 0.982 bits per heavy atom. The average Bonchev–Trinajstić information content (AvgIpc) is 3.36. The molecule has 4 fully saturated rings. The maximum atomic E-state index is 15.1. The molecule has 0 bridgehead atoms. The summed E-state index contributed by atoms with van der Waals surface area (Å²) in [5, 5.41) is 35.3. The zero-order valence-electron chi connectivity index (χ0n) is 35.3. The topological polar surface area (TPSA) is 124 Å². The molecule has 11 unspecified atom stereocenters. The van der Waals surface area contributed by atoms with Crippen molar-refractivity contribution in [2.75, 3.05) is 13.1 Å². The summed E-state index contributed by atoms with van der Waals surface area (Å²) in [5.41, 5.74) is 7.40. The van der Waals surface area contributed by atoms with Crippen molar-refractivity contribution in [1.29, 1.82) is 0 Å². The highest BCUT2D eigenvalue weighted by atomic mass is 16.6. The van der Waals surface area contributed by atoms with E-state index in [0.717, 1.165) is 66.6 Å². The predicted molar refractivity (Wildman–Crippen MR) is 216 cm³/mol. The molecule has 4 aliphatic heterocycles. The quantitative estimate of drug-likeness (QED) is 0.266. The van der Waals surface area contributed by atoms with Crippen molar-refractivity contribution in [2.45, 2.75) is 151 Å². The molecule has 4 aliphatic carbocycles. The van der Waals surface area contributed by atoms with Gasteiger partial charge in [0.05, 0.1) is 36.9 Å². The molecule has 8 heteroatoms. The van der Waals surface area contributed by atoms with Gasteiger partial charge in [-0.25, -0.2) is 4.99 Å². The van der Waals surface area contributed by atoms with Crippen molar-refractivity contribution in [2.24, 2.45) is 49.8 Å². The molecule has 8 nitrogen and oxygen atoms in total. The molecular formula is C48H65N2O6+. The van der Waals surface area contributed by atoms with Gasteiger partial charge in [-0.1, -0.05) is 65.3 Å². The fourth-order valence-corrected chi connectivity index (χ4v) is 14.8. The number of ether oxygens (including phenoxy) is 1. The Labute approximate surface area is 333 Å². The van der Waals surface area contributed by atoms with Crippen LogP contribution in [0, 0.1) is 51.8 Å². The number of hydrogen-bond acceptors (Lipinski definition) is 7. The van der Waals surface area contributed by atoms with E-state index >= 15 is 4.79 Å². The molecule has 1 aromatic carbocycles. The Hall–Kier alpha value is -2.75. The highest BCUT2D eigenvalue weighted by Crippen LogP contribution is 2.75. The van der Waals surface area contributed by atoms with E-state index in [1.807, 2.05) is 26.1 Å². The Morgan fingerprint density at radius 3 is 2.39 bits per heavy atom. The largest absolute Gasteiger partial charge is 0.392 e. The van der Waals surface area contributed by atoms with Crippen molar-refractivity contribution in [3.8, 4) is 0 Å². The summed E-state index contributed by atoms with van der Waals surface area (Å²) in [6.45, 7) is 21.1. The van der Waals surface area contributed by atoms with E-state index < -0.39 is 34.1 Å². The number of nitrogens with zero attached hydrogens (tertiary/aromatic N) is 1. The molecule has 0 aromatic heterocycles. The molecule has 11 atom stereocenters. The normalized spacial score (nSPS) is 42.4.